The molecular weight excluding hydrogens is 335 g/mol. The van der Waals surface area contributed by atoms with Crippen LogP contribution < -0.4 is 5.32 Å². The summed E-state index contributed by atoms with van der Waals surface area (Å²) in [5, 5.41) is 6.36. The van der Waals surface area contributed by atoms with Crippen molar-refractivity contribution in [3.63, 3.8) is 0 Å². The van der Waals surface area contributed by atoms with Crippen LogP contribution in [0.15, 0.2) is 0 Å². The number of halogens is 3. The van der Waals surface area contributed by atoms with E-state index in [2.05, 4.69) is 15.3 Å². The molecule has 1 unspecified atom stereocenters. The maximum atomic E-state index is 13.4. The standard InChI is InChI=1S/C16H26F3N5O/c1-11-13(15(25)20-7-9-22(2)3)14(16(17,18)19)21-24(11)12-6-5-8-23(4)10-12/h12H,5-10H2,1-4H3,(H,20,25). The molecule has 2 rings (SSSR count). The average Bonchev–Trinajstić information content (AvgIpc) is 2.84. The second-order valence-corrected chi connectivity index (χ2v) is 6.87. The molecule has 1 N–H and O–H groups in total. The number of carbonyl (C=O) groups is 1. The van der Waals surface area contributed by atoms with Gasteiger partial charge >= 0.3 is 6.18 Å². The van der Waals surface area contributed by atoms with Crippen molar-refractivity contribution in [2.45, 2.75) is 32.0 Å². The van der Waals surface area contributed by atoms with Crippen molar-refractivity contribution in [3.8, 4) is 0 Å². The monoisotopic (exact) mass is 361 g/mol. The van der Waals surface area contributed by atoms with Gasteiger partial charge in [-0.25, -0.2) is 0 Å². The molecule has 0 aromatic carbocycles. The van der Waals surface area contributed by atoms with Crippen LogP contribution in [0.1, 0.15) is 40.6 Å². The van der Waals surface area contributed by atoms with Gasteiger partial charge in [0.05, 0.1) is 11.6 Å². The molecule has 1 aromatic rings. The minimum Gasteiger partial charge on any atom is -0.351 e. The predicted octanol–water partition coefficient (Wildman–Crippen LogP) is 1.77. The van der Waals surface area contributed by atoms with E-state index >= 15 is 0 Å². The zero-order valence-electron chi connectivity index (χ0n) is 15.2. The molecule has 1 saturated heterocycles. The lowest BCUT2D eigenvalue weighted by molar-refractivity contribution is -0.142. The first-order valence-electron chi connectivity index (χ1n) is 8.39. The fourth-order valence-corrected chi connectivity index (χ4v) is 3.16. The molecule has 0 saturated carbocycles. The Morgan fingerprint density at radius 3 is 2.64 bits per heavy atom. The topological polar surface area (TPSA) is 53.4 Å². The van der Waals surface area contributed by atoms with Crippen LogP contribution in [-0.2, 0) is 6.18 Å². The minimum atomic E-state index is -4.66. The average molecular weight is 361 g/mol. The lowest BCUT2D eigenvalue weighted by Crippen LogP contribution is -2.34. The lowest BCUT2D eigenvalue weighted by Gasteiger charge is -2.30. The number of hydrogen-bond donors (Lipinski definition) is 1. The van der Waals surface area contributed by atoms with E-state index in [-0.39, 0.29) is 23.8 Å². The number of piperidine rings is 1. The van der Waals surface area contributed by atoms with Crippen LogP contribution in [0.2, 0.25) is 0 Å². The highest BCUT2D eigenvalue weighted by Gasteiger charge is 2.41. The number of hydrogen-bond acceptors (Lipinski definition) is 4. The first kappa shape index (κ1) is 19.7. The molecule has 2 heterocycles. The van der Waals surface area contributed by atoms with Crippen molar-refractivity contribution in [3.05, 3.63) is 17.0 Å². The molecule has 1 amide bonds. The van der Waals surface area contributed by atoms with Gasteiger partial charge in [-0.1, -0.05) is 0 Å². The molecule has 0 radical (unpaired) electrons. The van der Waals surface area contributed by atoms with Crippen molar-refractivity contribution in [1.29, 1.82) is 0 Å². The van der Waals surface area contributed by atoms with Crippen LogP contribution in [-0.4, -0.2) is 72.8 Å². The molecule has 1 aliphatic rings. The summed E-state index contributed by atoms with van der Waals surface area (Å²) in [6, 6.07) is -0.150. The fourth-order valence-electron chi connectivity index (χ4n) is 3.16. The third-order valence-corrected chi connectivity index (χ3v) is 4.44. The summed E-state index contributed by atoms with van der Waals surface area (Å²) >= 11 is 0. The maximum Gasteiger partial charge on any atom is 0.435 e. The van der Waals surface area contributed by atoms with Gasteiger partial charge < -0.3 is 15.1 Å². The van der Waals surface area contributed by atoms with Gasteiger partial charge in [0.25, 0.3) is 5.91 Å². The van der Waals surface area contributed by atoms with E-state index in [0.29, 0.717) is 13.1 Å². The van der Waals surface area contributed by atoms with Gasteiger partial charge in [0.2, 0.25) is 0 Å². The van der Waals surface area contributed by atoms with Gasteiger partial charge in [-0.2, -0.15) is 18.3 Å². The van der Waals surface area contributed by atoms with Gasteiger partial charge in [-0.3, -0.25) is 9.48 Å². The lowest BCUT2D eigenvalue weighted by atomic mass is 10.1. The van der Waals surface area contributed by atoms with Gasteiger partial charge in [0, 0.05) is 25.3 Å². The van der Waals surface area contributed by atoms with E-state index in [9.17, 15) is 18.0 Å². The van der Waals surface area contributed by atoms with Crippen LogP contribution in [0.25, 0.3) is 0 Å². The predicted molar refractivity (Wildman–Crippen MR) is 88.6 cm³/mol. The van der Waals surface area contributed by atoms with Crippen LogP contribution >= 0.6 is 0 Å². The molecule has 1 aliphatic heterocycles. The highest BCUT2D eigenvalue weighted by Crippen LogP contribution is 2.34. The third-order valence-electron chi connectivity index (χ3n) is 4.44. The summed E-state index contributed by atoms with van der Waals surface area (Å²) in [4.78, 5) is 16.3. The Hall–Kier alpha value is -1.61. The Morgan fingerprint density at radius 1 is 1.40 bits per heavy atom. The smallest absolute Gasteiger partial charge is 0.351 e. The quantitative estimate of drug-likeness (QED) is 0.869. The first-order valence-corrected chi connectivity index (χ1v) is 8.39. The summed E-state index contributed by atoms with van der Waals surface area (Å²) in [5.74, 6) is -0.720. The summed E-state index contributed by atoms with van der Waals surface area (Å²) in [6.45, 7) is 3.91. The molecule has 1 aromatic heterocycles. The Morgan fingerprint density at radius 2 is 2.08 bits per heavy atom. The zero-order valence-corrected chi connectivity index (χ0v) is 15.2. The van der Waals surface area contributed by atoms with Crippen molar-refractivity contribution in [2.75, 3.05) is 47.3 Å². The molecule has 1 fully saturated rings. The van der Waals surface area contributed by atoms with Crippen molar-refractivity contribution in [1.82, 2.24) is 24.9 Å². The number of alkyl halides is 3. The van der Waals surface area contributed by atoms with Gasteiger partial charge in [-0.05, 0) is 47.5 Å². The molecule has 9 heteroatoms. The number of amides is 1. The Labute approximate surface area is 146 Å². The largest absolute Gasteiger partial charge is 0.435 e. The van der Waals surface area contributed by atoms with E-state index < -0.39 is 17.8 Å². The number of aromatic nitrogens is 2. The first-order chi connectivity index (χ1) is 11.6. The minimum absolute atomic E-state index is 0.150. The molecule has 25 heavy (non-hydrogen) atoms. The van der Waals surface area contributed by atoms with E-state index in [0.717, 1.165) is 19.4 Å². The van der Waals surface area contributed by atoms with E-state index in [1.807, 2.05) is 26.0 Å². The van der Waals surface area contributed by atoms with Crippen LogP contribution in [0.4, 0.5) is 13.2 Å². The molecule has 1 atom stereocenters. The van der Waals surface area contributed by atoms with Crippen LogP contribution in [0.5, 0.6) is 0 Å². The number of carbonyl (C=O) groups excluding carboxylic acids is 1. The van der Waals surface area contributed by atoms with E-state index in [1.54, 1.807) is 0 Å². The van der Waals surface area contributed by atoms with E-state index in [1.165, 1.54) is 11.6 Å². The highest BCUT2D eigenvalue weighted by molar-refractivity contribution is 5.96. The third kappa shape index (κ3) is 4.72. The van der Waals surface area contributed by atoms with Gasteiger partial charge in [0.1, 0.15) is 0 Å². The summed E-state index contributed by atoms with van der Waals surface area (Å²) < 4.78 is 41.7. The van der Waals surface area contributed by atoms with Crippen LogP contribution in [0, 0.1) is 6.92 Å². The fraction of sp³-hybridized carbons (Fsp3) is 0.750. The number of likely N-dealkylation sites (N-methyl/N-ethyl adjacent to an activating group) is 2. The normalized spacial score (nSPS) is 19.4. The Balaban J connectivity index is 2.32. The second kappa shape index (κ2) is 7.74. The SMILES string of the molecule is Cc1c(C(=O)NCCN(C)C)c(C(F)(F)F)nn1C1CCCN(C)C1. The highest BCUT2D eigenvalue weighted by atomic mass is 19.4. The molecule has 0 aliphatic carbocycles. The van der Waals surface area contributed by atoms with Crippen molar-refractivity contribution < 1.29 is 18.0 Å². The maximum absolute atomic E-state index is 13.4. The molecule has 6 nitrogen and oxygen atoms in total. The van der Waals surface area contributed by atoms with Crippen molar-refractivity contribution >= 4 is 5.91 Å². The molecular formula is C16H26F3N5O. The second-order valence-electron chi connectivity index (χ2n) is 6.87. The molecule has 0 spiro atoms. The zero-order chi connectivity index (χ0) is 18.8. The van der Waals surface area contributed by atoms with Crippen LogP contribution in [0.3, 0.4) is 0 Å². The van der Waals surface area contributed by atoms with E-state index in [4.69, 9.17) is 0 Å². The number of rotatable bonds is 5. The van der Waals surface area contributed by atoms with Gasteiger partial charge in [0.15, 0.2) is 5.69 Å². The number of nitrogens with one attached hydrogen (secondary N) is 1. The number of nitrogens with zero attached hydrogens (tertiary/aromatic N) is 4. The molecule has 0 bridgehead atoms. The van der Waals surface area contributed by atoms with Gasteiger partial charge in [-0.15, -0.1) is 0 Å². The summed E-state index contributed by atoms with van der Waals surface area (Å²) in [7, 11) is 5.59. The Kier molecular flexibility index (Phi) is 6.10. The molecule has 142 valence electrons. The Bertz CT molecular complexity index is 612. The number of likely N-dealkylation sites (tertiary alicyclic amines) is 1. The summed E-state index contributed by atoms with van der Waals surface area (Å²) in [5.41, 5.74) is -1.19. The van der Waals surface area contributed by atoms with Crippen molar-refractivity contribution in [2.24, 2.45) is 0 Å². The summed E-state index contributed by atoms with van der Waals surface area (Å²) in [6.07, 6.45) is -3.01.